The first-order chi connectivity index (χ1) is 47.1. The lowest BCUT2D eigenvalue weighted by Crippen LogP contribution is -2.61. The molecule has 6 unspecified atom stereocenters. The number of rotatable bonds is 20. The van der Waals surface area contributed by atoms with Crippen molar-refractivity contribution in [2.75, 3.05) is 68.6 Å². The van der Waals surface area contributed by atoms with Crippen LogP contribution in [0, 0.1) is 41.4 Å². The van der Waals surface area contributed by atoms with Gasteiger partial charge in [-0.25, -0.2) is 18.8 Å². The minimum atomic E-state index is -3.18. The molecule has 574 valence electrons. The molecule has 0 aromatic rings. The van der Waals surface area contributed by atoms with Crippen LogP contribution in [0.15, 0.2) is 10.2 Å². The zero-order chi connectivity index (χ0) is 76.4. The summed E-state index contributed by atoms with van der Waals surface area (Å²) in [6, 6.07) is -2.41. The molecule has 0 aromatic carbocycles. The first kappa shape index (κ1) is 86.0. The average Bonchev–Trinajstić information content (AvgIpc) is 1.64. The van der Waals surface area contributed by atoms with Gasteiger partial charge in [0.1, 0.15) is 41.9 Å². The Balaban J connectivity index is 0.000000364. The lowest BCUT2D eigenvalue weighted by molar-refractivity contribution is -0.295. The van der Waals surface area contributed by atoms with Gasteiger partial charge in [-0.05, 0) is 159 Å². The maximum absolute atomic E-state index is 16.7. The fourth-order valence-electron chi connectivity index (χ4n) is 16.4. The molecule has 6 aliphatic rings. The fraction of sp³-hybridized carbons (Fsp3) is 0.886. The van der Waals surface area contributed by atoms with Gasteiger partial charge in [0, 0.05) is 97.8 Å². The van der Waals surface area contributed by atoms with Crippen LogP contribution < -0.4 is 0 Å². The molecule has 2 amide bonds. The Bertz CT molecular complexity index is 2990. The number of alkyl halides is 1. The first-order valence-corrected chi connectivity index (χ1v) is 35.8. The quantitative estimate of drug-likeness (QED) is 0.0219. The summed E-state index contributed by atoms with van der Waals surface area (Å²) in [4.78, 5) is 124. The molecule has 101 heavy (non-hydrogen) atoms. The van der Waals surface area contributed by atoms with E-state index in [1.54, 1.807) is 76.2 Å². The monoisotopic (exact) mass is 1440 g/mol. The van der Waals surface area contributed by atoms with Crippen molar-refractivity contribution in [1.82, 2.24) is 19.6 Å². The van der Waals surface area contributed by atoms with Crippen molar-refractivity contribution in [3.8, 4) is 0 Å². The number of nitrogens with zero attached hydrogens (tertiary/aromatic N) is 10. The molecule has 31 heteroatoms. The smallest absolute Gasteiger partial charge is 0.410 e. The fourth-order valence-corrected chi connectivity index (χ4v) is 16.4. The van der Waals surface area contributed by atoms with Crippen LogP contribution in [0.1, 0.15) is 175 Å². The molecule has 0 radical (unpaired) electrons. The number of fused-ring (bicyclic) bond motifs is 2. The second kappa shape index (κ2) is 35.9. The van der Waals surface area contributed by atoms with Crippen molar-refractivity contribution in [2.45, 2.75) is 289 Å². The van der Waals surface area contributed by atoms with E-state index >= 15 is 4.39 Å². The van der Waals surface area contributed by atoms with Gasteiger partial charge >= 0.3 is 24.1 Å². The Morgan fingerprint density at radius 2 is 0.950 bits per heavy atom. The lowest BCUT2D eigenvalue weighted by Gasteiger charge is -2.47. The summed E-state index contributed by atoms with van der Waals surface area (Å²) in [7, 11) is 10.2. The van der Waals surface area contributed by atoms with Crippen molar-refractivity contribution >= 4 is 47.3 Å². The average molecular weight is 1440 g/mol. The van der Waals surface area contributed by atoms with Crippen LogP contribution >= 0.6 is 0 Å². The number of cyclic esters (lactones) is 2. The molecule has 26 atom stereocenters. The Labute approximate surface area is 594 Å². The molecule has 0 spiro atoms. The largest absolute Gasteiger partial charge is 0.458 e. The summed E-state index contributed by atoms with van der Waals surface area (Å²) in [6.45, 7) is 26.9. The normalized spacial score (nSPS) is 41.0. The zero-order valence-electron chi connectivity index (χ0n) is 63.6. The number of aliphatic hydroxyl groups is 2. The third kappa shape index (κ3) is 18.9. The van der Waals surface area contributed by atoms with E-state index in [-0.39, 0.29) is 87.7 Å². The number of unbranched alkanes of at least 4 members (excludes halogenated alkanes) is 2. The van der Waals surface area contributed by atoms with E-state index in [4.69, 9.17) is 58.4 Å². The molecule has 0 saturated carbocycles. The van der Waals surface area contributed by atoms with E-state index in [2.05, 4.69) is 20.1 Å². The maximum Gasteiger partial charge on any atom is 0.410 e. The van der Waals surface area contributed by atoms with Gasteiger partial charge in [-0.2, -0.15) is 0 Å². The first-order valence-electron chi connectivity index (χ1n) is 35.8. The van der Waals surface area contributed by atoms with Gasteiger partial charge in [-0.15, -0.1) is 0 Å². The number of amides is 2. The minimum Gasteiger partial charge on any atom is -0.458 e. The van der Waals surface area contributed by atoms with Crippen molar-refractivity contribution in [3.63, 3.8) is 0 Å². The number of ether oxygens (including phenoxy) is 10. The number of methoxy groups -OCH3 is 2. The molecular weight excluding hydrogens is 1320 g/mol. The molecule has 6 rings (SSSR count). The van der Waals surface area contributed by atoms with Gasteiger partial charge < -0.3 is 77.2 Å². The third-order valence-electron chi connectivity index (χ3n) is 22.3. The van der Waals surface area contributed by atoms with E-state index in [1.165, 1.54) is 37.9 Å². The Kier molecular flexibility index (Phi) is 30.5. The van der Waals surface area contributed by atoms with Gasteiger partial charge in [0.05, 0.1) is 47.7 Å². The van der Waals surface area contributed by atoms with Crippen LogP contribution in [0.5, 0.6) is 0 Å². The highest BCUT2D eigenvalue weighted by Gasteiger charge is 2.64. The predicted octanol–water partition coefficient (Wildman–Crippen LogP) is 8.65. The zero-order valence-corrected chi connectivity index (χ0v) is 63.6. The molecule has 0 bridgehead atoms. The van der Waals surface area contributed by atoms with Crippen LogP contribution in [0.4, 0.5) is 14.0 Å². The van der Waals surface area contributed by atoms with Crippen molar-refractivity contribution < 1.29 is 100 Å². The topological polar surface area (TPSA) is 380 Å². The number of likely N-dealkylation sites (N-methyl/N-ethyl adjacent to an activating group) is 2. The van der Waals surface area contributed by atoms with Crippen molar-refractivity contribution in [3.05, 3.63) is 20.9 Å². The lowest BCUT2D eigenvalue weighted by atomic mass is 9.73. The Hall–Kier alpha value is -5.69. The van der Waals surface area contributed by atoms with E-state index in [1.807, 2.05) is 51.8 Å². The Morgan fingerprint density at radius 3 is 1.31 bits per heavy atom. The number of carbonyl (C=O) groups is 8. The van der Waals surface area contributed by atoms with Gasteiger partial charge in [-0.3, -0.25) is 24.0 Å². The molecule has 6 heterocycles. The highest BCUT2D eigenvalue weighted by atomic mass is 19.1. The molecule has 6 aliphatic heterocycles. The second-order valence-corrected chi connectivity index (χ2v) is 30.3. The van der Waals surface area contributed by atoms with Gasteiger partial charge in [0.25, 0.3) is 5.67 Å². The van der Waals surface area contributed by atoms with Crippen LogP contribution in [0.2, 0.25) is 0 Å². The summed E-state index contributed by atoms with van der Waals surface area (Å²) < 4.78 is 77.6. The van der Waals surface area contributed by atoms with Crippen molar-refractivity contribution in [1.29, 1.82) is 0 Å². The molecular formula is C70H117FN10O20. The number of hydrogen-bond acceptors (Lipinski definition) is 24. The van der Waals surface area contributed by atoms with E-state index in [9.17, 15) is 48.6 Å². The van der Waals surface area contributed by atoms with Crippen molar-refractivity contribution in [2.24, 2.45) is 51.7 Å². The molecule has 6 fully saturated rings. The standard InChI is InChI=1S/C35H58FN5O10.C35H59N5O10/c1-12-24-35(8)27(41(32(46)51-35)16-14-13-15-38-39-37)21(4)25(42)19(2)18-33(6,47-11)29(22(5)28(44)34(7,36)31(45)49-24)50-30-26(43)23(40(9)10)17-20(3)48-30;1-12-25-35(8)29(40(33(45)50-35)16-14-13-15-37-38-36)21(4)26(41)19(2)18-34(7,46-11)30(22(5)27(42)23(6)31(44)48-25)49-32-28(43)24(39(9)10)17-20(3)47-32/h19-24,26-27,29-30,43H,12-18H2,1-11H3;19-25,28-30,32,43H,12-18H2,1-11H3/t19-,20?,21+,22+,23?,24-,26?,27-,29-,30+,33-,34+,35-;19-,20?,21+,22+,23-,24?,25-,28?,29-,30-,32+,34-,35-/m11/s1. The molecule has 0 aromatic heterocycles. The summed E-state index contributed by atoms with van der Waals surface area (Å²) in [5.74, 6) is -10.9. The summed E-state index contributed by atoms with van der Waals surface area (Å²) in [5, 5.41) is 29.8. The molecule has 0 aliphatic carbocycles. The number of ketones is 4. The van der Waals surface area contributed by atoms with Gasteiger partial charge in [0.2, 0.25) is 0 Å². The number of aliphatic hydroxyl groups excluding tert-OH is 2. The van der Waals surface area contributed by atoms with Gasteiger partial charge in [0.15, 0.2) is 35.3 Å². The number of halogens is 1. The number of azide groups is 2. The molecule has 30 nitrogen and oxygen atoms in total. The van der Waals surface area contributed by atoms with E-state index in [0.717, 1.165) is 6.92 Å². The second-order valence-electron chi connectivity index (χ2n) is 30.3. The highest BCUT2D eigenvalue weighted by molar-refractivity contribution is 6.08. The number of esters is 2. The molecule has 6 saturated heterocycles. The highest BCUT2D eigenvalue weighted by Crippen LogP contribution is 2.46. The van der Waals surface area contributed by atoms with Gasteiger partial charge in [-0.1, -0.05) is 65.6 Å². The number of hydrogen-bond donors (Lipinski definition) is 2. The summed E-state index contributed by atoms with van der Waals surface area (Å²) >= 11 is 0. The third-order valence-corrected chi connectivity index (χ3v) is 22.3. The van der Waals surface area contributed by atoms with Crippen LogP contribution in [-0.4, -0.2) is 259 Å². The summed E-state index contributed by atoms with van der Waals surface area (Å²) in [5.41, 5.74) is 8.39. The summed E-state index contributed by atoms with van der Waals surface area (Å²) in [6.07, 6.45) is -7.75. The van der Waals surface area contributed by atoms with Crippen LogP contribution in [-0.2, 0) is 76.1 Å². The Morgan fingerprint density at radius 1 is 0.574 bits per heavy atom. The SMILES string of the molecule is CC[C@H]1OC(=O)[C@@](C)(F)C(=O)[C@H](C)[C@@H](O[C@@H]2OC(C)CC(N(C)C)C2O)[C@](C)(OC)C[C@@H](C)C(=O)[C@H](C)[C@H]2N(CCCCN=[N+]=[N-])C(=O)O[C@]12C.CC[C@H]1OC(=O)[C@H](C)C(=O)[C@H](C)[C@@H](O[C@@H]2OC(C)CC(N(C)C)C2O)[C@](C)(OC)C[C@@H](C)C(=O)[C@H](C)[C@H]2N(CCCCN=[N+]=[N-])C(=O)O[C@]12C. The van der Waals surface area contributed by atoms with E-state index in [0.29, 0.717) is 38.5 Å². The number of carbonyl (C=O) groups excluding carboxylic acids is 8. The molecule has 2 N–H and O–H groups in total. The maximum atomic E-state index is 16.7. The van der Waals surface area contributed by atoms with Crippen LogP contribution in [0.25, 0.3) is 20.9 Å². The van der Waals surface area contributed by atoms with E-state index < -0.39 is 166 Å². The predicted molar refractivity (Wildman–Crippen MR) is 366 cm³/mol. The minimum absolute atomic E-state index is 0.0144. The van der Waals surface area contributed by atoms with Crippen LogP contribution in [0.3, 0.4) is 0 Å². The number of Topliss-reactive ketones (excluding diaryl/α,β-unsaturated/α-hetero) is 4.